The van der Waals surface area contributed by atoms with Crippen LogP contribution in [0.1, 0.15) is 17.5 Å². The number of urea groups is 1. The number of hydrogen-bond acceptors (Lipinski definition) is 3. The predicted molar refractivity (Wildman–Crippen MR) is 102 cm³/mol. The first kappa shape index (κ1) is 16.2. The fraction of sp³-hybridized carbons (Fsp3) is 0.200. The van der Waals surface area contributed by atoms with Gasteiger partial charge in [0.2, 0.25) is 0 Å². The fourth-order valence-corrected chi connectivity index (χ4v) is 3.39. The van der Waals surface area contributed by atoms with Crippen molar-refractivity contribution in [3.8, 4) is 0 Å². The quantitative estimate of drug-likeness (QED) is 0.701. The van der Waals surface area contributed by atoms with E-state index in [2.05, 4.69) is 23.3 Å². The van der Waals surface area contributed by atoms with Crippen LogP contribution in [-0.2, 0) is 19.4 Å². The summed E-state index contributed by atoms with van der Waals surface area (Å²) in [6, 6.07) is 10.8. The number of hydrogen-bond donors (Lipinski definition) is 2. The normalized spacial score (nSPS) is 12.8. The Hall–Kier alpha value is -3.28. The topological polar surface area (TPSA) is 76.3 Å². The van der Waals surface area contributed by atoms with Gasteiger partial charge in [-0.25, -0.2) is 9.59 Å². The first-order chi connectivity index (χ1) is 12.6. The number of oxazole rings is 1. The number of anilines is 2. The smallest absolute Gasteiger partial charge is 0.408 e. The van der Waals surface area contributed by atoms with Crippen LogP contribution in [0.2, 0.25) is 0 Å². The molecule has 1 aliphatic carbocycles. The van der Waals surface area contributed by atoms with Crippen molar-refractivity contribution in [1.82, 2.24) is 4.57 Å². The third kappa shape index (κ3) is 3.01. The van der Waals surface area contributed by atoms with Crippen LogP contribution in [0.15, 0.2) is 58.3 Å². The number of fused-ring (bicyclic) bond motifs is 2. The van der Waals surface area contributed by atoms with Gasteiger partial charge in [-0.05, 0) is 54.7 Å². The average molecular weight is 349 g/mol. The number of nitrogens with one attached hydrogen (secondary N) is 2. The Balaban J connectivity index is 1.50. The molecule has 0 saturated heterocycles. The Bertz CT molecular complexity index is 1060. The van der Waals surface area contributed by atoms with Crippen molar-refractivity contribution in [2.75, 3.05) is 10.6 Å². The van der Waals surface area contributed by atoms with E-state index < -0.39 is 5.76 Å². The van der Waals surface area contributed by atoms with Gasteiger partial charge in [0.1, 0.15) is 0 Å². The Morgan fingerprint density at radius 2 is 1.85 bits per heavy atom. The maximum absolute atomic E-state index is 12.3. The van der Waals surface area contributed by atoms with E-state index in [1.54, 1.807) is 24.3 Å². The van der Waals surface area contributed by atoms with Gasteiger partial charge in [0.15, 0.2) is 5.58 Å². The molecule has 1 aromatic heterocycles. The van der Waals surface area contributed by atoms with Gasteiger partial charge in [-0.3, -0.25) is 4.57 Å². The Kier molecular flexibility index (Phi) is 4.08. The van der Waals surface area contributed by atoms with Crippen molar-refractivity contribution < 1.29 is 9.21 Å². The standard InChI is InChI=1S/C20H19N3O3/c1-2-10-23-17-9-8-16(12-18(17)26-20(23)25)22-19(24)21-15-7-6-13-4-3-5-14(13)11-15/h2,6-9,11-12H,1,3-5,10H2,(H2,21,22,24). The summed E-state index contributed by atoms with van der Waals surface area (Å²) >= 11 is 0. The van der Waals surface area contributed by atoms with Gasteiger partial charge in [-0.1, -0.05) is 12.1 Å². The Labute approximate surface area is 150 Å². The second-order valence-corrected chi connectivity index (χ2v) is 6.37. The third-order valence-electron chi connectivity index (χ3n) is 4.59. The fourth-order valence-electron chi connectivity index (χ4n) is 3.39. The summed E-state index contributed by atoms with van der Waals surface area (Å²) in [5, 5.41) is 5.61. The number of aryl methyl sites for hydroxylation is 2. The lowest BCUT2D eigenvalue weighted by molar-refractivity contribution is 0.262. The number of benzene rings is 2. The van der Waals surface area contributed by atoms with Crippen molar-refractivity contribution in [2.24, 2.45) is 0 Å². The molecular formula is C20H19N3O3. The lowest BCUT2D eigenvalue weighted by atomic mass is 10.1. The monoisotopic (exact) mass is 349 g/mol. The van der Waals surface area contributed by atoms with Crippen LogP contribution in [0, 0.1) is 0 Å². The molecule has 1 heterocycles. The summed E-state index contributed by atoms with van der Waals surface area (Å²) in [5.74, 6) is -0.445. The molecule has 6 heteroatoms. The first-order valence-corrected chi connectivity index (χ1v) is 8.58. The summed E-state index contributed by atoms with van der Waals surface area (Å²) in [6.45, 7) is 4.01. The summed E-state index contributed by atoms with van der Waals surface area (Å²) in [6.07, 6.45) is 4.97. The maximum Gasteiger partial charge on any atom is 0.420 e. The van der Waals surface area contributed by atoms with E-state index >= 15 is 0 Å². The van der Waals surface area contributed by atoms with Crippen LogP contribution in [0.25, 0.3) is 11.1 Å². The van der Waals surface area contributed by atoms with Crippen LogP contribution in [-0.4, -0.2) is 10.6 Å². The summed E-state index contributed by atoms with van der Waals surface area (Å²) in [4.78, 5) is 24.1. The molecule has 2 aromatic carbocycles. The van der Waals surface area contributed by atoms with Crippen molar-refractivity contribution in [1.29, 1.82) is 0 Å². The van der Waals surface area contributed by atoms with E-state index in [0.29, 0.717) is 23.3 Å². The molecule has 3 aromatic rings. The summed E-state index contributed by atoms with van der Waals surface area (Å²) < 4.78 is 6.71. The molecule has 0 fully saturated rings. The molecule has 0 aliphatic heterocycles. The molecule has 1 aliphatic rings. The number of aromatic nitrogens is 1. The highest BCUT2D eigenvalue weighted by Crippen LogP contribution is 2.25. The van der Waals surface area contributed by atoms with Crippen molar-refractivity contribution >= 4 is 28.5 Å². The van der Waals surface area contributed by atoms with Gasteiger partial charge < -0.3 is 15.1 Å². The second kappa shape index (κ2) is 6.55. The lowest BCUT2D eigenvalue weighted by Gasteiger charge is -2.09. The summed E-state index contributed by atoms with van der Waals surface area (Å²) in [7, 11) is 0. The van der Waals surface area contributed by atoms with Gasteiger partial charge in [0, 0.05) is 24.0 Å². The van der Waals surface area contributed by atoms with E-state index in [9.17, 15) is 9.59 Å². The van der Waals surface area contributed by atoms with Crippen molar-refractivity contribution in [3.05, 3.63) is 70.7 Å². The van der Waals surface area contributed by atoms with Crippen LogP contribution in [0.3, 0.4) is 0 Å². The highest BCUT2D eigenvalue weighted by atomic mass is 16.4. The number of rotatable bonds is 4. The highest BCUT2D eigenvalue weighted by Gasteiger charge is 2.13. The van der Waals surface area contributed by atoms with Gasteiger partial charge >= 0.3 is 11.8 Å². The van der Waals surface area contributed by atoms with Gasteiger partial charge in [-0.15, -0.1) is 6.58 Å². The highest BCUT2D eigenvalue weighted by molar-refractivity contribution is 6.00. The molecule has 0 unspecified atom stereocenters. The minimum absolute atomic E-state index is 0.338. The van der Waals surface area contributed by atoms with Gasteiger partial charge in [-0.2, -0.15) is 0 Å². The maximum atomic E-state index is 12.3. The molecular weight excluding hydrogens is 330 g/mol. The molecule has 2 N–H and O–H groups in total. The average Bonchev–Trinajstić information content (AvgIpc) is 3.19. The molecule has 132 valence electrons. The molecule has 0 spiro atoms. The second-order valence-electron chi connectivity index (χ2n) is 6.37. The van der Waals surface area contributed by atoms with Crippen LogP contribution in [0.4, 0.5) is 16.2 Å². The van der Waals surface area contributed by atoms with Crippen molar-refractivity contribution in [2.45, 2.75) is 25.8 Å². The first-order valence-electron chi connectivity index (χ1n) is 8.58. The largest absolute Gasteiger partial charge is 0.420 e. The SMILES string of the molecule is C=CCn1c(=O)oc2cc(NC(=O)Nc3ccc4c(c3)CCC4)ccc21. The van der Waals surface area contributed by atoms with Gasteiger partial charge in [0.05, 0.1) is 5.52 Å². The molecule has 6 nitrogen and oxygen atoms in total. The zero-order valence-electron chi connectivity index (χ0n) is 14.2. The molecule has 0 atom stereocenters. The van der Waals surface area contributed by atoms with Crippen LogP contribution in [0.5, 0.6) is 0 Å². The van der Waals surface area contributed by atoms with E-state index in [4.69, 9.17) is 4.42 Å². The third-order valence-corrected chi connectivity index (χ3v) is 4.59. The van der Waals surface area contributed by atoms with Crippen LogP contribution >= 0.6 is 0 Å². The van der Waals surface area contributed by atoms with E-state index in [0.717, 1.165) is 18.5 Å². The van der Waals surface area contributed by atoms with E-state index in [-0.39, 0.29) is 6.03 Å². The molecule has 0 saturated carbocycles. The zero-order chi connectivity index (χ0) is 18.1. The lowest BCUT2D eigenvalue weighted by Crippen LogP contribution is -2.19. The number of allylic oxidation sites excluding steroid dienone is 1. The Morgan fingerprint density at radius 3 is 2.65 bits per heavy atom. The van der Waals surface area contributed by atoms with E-state index in [1.807, 2.05) is 12.1 Å². The Morgan fingerprint density at radius 1 is 1.12 bits per heavy atom. The number of carbonyl (C=O) groups is 1. The minimum Gasteiger partial charge on any atom is -0.408 e. The van der Waals surface area contributed by atoms with Crippen LogP contribution < -0.4 is 16.4 Å². The van der Waals surface area contributed by atoms with Gasteiger partial charge in [0.25, 0.3) is 0 Å². The predicted octanol–water partition coefficient (Wildman–Crippen LogP) is 3.91. The van der Waals surface area contributed by atoms with Crippen molar-refractivity contribution in [3.63, 3.8) is 0 Å². The number of carbonyl (C=O) groups excluding carboxylic acids is 1. The zero-order valence-corrected chi connectivity index (χ0v) is 14.2. The molecule has 4 rings (SSSR count). The molecule has 0 radical (unpaired) electrons. The number of nitrogens with zero attached hydrogens (tertiary/aromatic N) is 1. The minimum atomic E-state index is -0.445. The number of amides is 2. The van der Waals surface area contributed by atoms with E-state index in [1.165, 1.54) is 22.1 Å². The molecule has 2 amide bonds. The molecule has 26 heavy (non-hydrogen) atoms. The summed E-state index contributed by atoms with van der Waals surface area (Å²) in [5.41, 5.74) is 5.07. The molecule has 0 bridgehead atoms.